The Bertz CT molecular complexity index is 217. The molecule has 0 radical (unpaired) electrons. The fraction of sp³-hybridized carbons (Fsp3) is 0.857. The largest absolute Gasteiger partial charge is 0.508 e. The second kappa shape index (κ2) is 5.53. The highest BCUT2D eigenvalue weighted by Crippen LogP contribution is 2.41. The van der Waals surface area contributed by atoms with E-state index >= 15 is 0 Å². The lowest BCUT2D eigenvalue weighted by Gasteiger charge is -2.20. The van der Waals surface area contributed by atoms with Gasteiger partial charge in [0.15, 0.2) is 0 Å². The molecule has 15 heavy (non-hydrogen) atoms. The molecule has 0 unspecified atom stereocenters. The number of hydrogen-bond acceptors (Lipinski definition) is 3. The Kier molecular flexibility index (Phi) is 5.33. The summed E-state index contributed by atoms with van der Waals surface area (Å²) in [4.78, 5) is 6.17. The van der Waals surface area contributed by atoms with Gasteiger partial charge in [0.05, 0.1) is 13.0 Å². The van der Waals surface area contributed by atoms with Gasteiger partial charge in [-0.1, -0.05) is 0 Å². The van der Waals surface area contributed by atoms with Crippen molar-refractivity contribution in [3.63, 3.8) is 0 Å². The second-order valence-electron chi connectivity index (χ2n) is 2.48. The van der Waals surface area contributed by atoms with E-state index in [-0.39, 0.29) is 6.61 Å². The molecule has 0 bridgehead atoms. The maximum Gasteiger partial charge on any atom is 0.508 e. The van der Waals surface area contributed by atoms with Crippen molar-refractivity contribution in [2.45, 2.75) is 24.1 Å². The van der Waals surface area contributed by atoms with Crippen molar-refractivity contribution >= 4 is 22.1 Å². The summed E-state index contributed by atoms with van der Waals surface area (Å²) in [5, 5.41) is 0. The van der Waals surface area contributed by atoms with Crippen molar-refractivity contribution in [2.75, 3.05) is 13.2 Å². The summed E-state index contributed by atoms with van der Waals surface area (Å²) in [6.07, 6.45) is -2.45. The summed E-state index contributed by atoms with van der Waals surface area (Å²) in [5.41, 5.74) is 0. The summed E-state index contributed by atoms with van der Waals surface area (Å²) < 4.78 is 57.8. The highest BCUT2D eigenvalue weighted by atomic mass is 79.9. The third-order valence-electron chi connectivity index (χ3n) is 1.31. The predicted molar refractivity (Wildman–Crippen MR) is 46.4 cm³/mol. The van der Waals surface area contributed by atoms with Crippen LogP contribution < -0.4 is 0 Å². The Hall–Kier alpha value is -0.530. The van der Waals surface area contributed by atoms with Crippen molar-refractivity contribution in [1.82, 2.24) is 0 Å². The Balaban J connectivity index is 3.91. The minimum atomic E-state index is -4.32. The zero-order valence-electron chi connectivity index (χ0n) is 7.74. The molecule has 90 valence electrons. The van der Waals surface area contributed by atoms with Gasteiger partial charge in [0.2, 0.25) is 0 Å². The van der Waals surface area contributed by atoms with Crippen molar-refractivity contribution < 1.29 is 31.8 Å². The van der Waals surface area contributed by atoms with Crippen molar-refractivity contribution in [3.05, 3.63) is 0 Å². The maximum atomic E-state index is 12.5. The van der Waals surface area contributed by atoms with Gasteiger partial charge in [-0.2, -0.15) is 17.6 Å². The standard InChI is InChI=1S/C7H9BrF4O3/c1-2-14-5(13)15-4-3-6(9,10)7(8,11)12/h2-4H2,1H3. The van der Waals surface area contributed by atoms with Gasteiger partial charge in [-0.25, -0.2) is 4.79 Å². The van der Waals surface area contributed by atoms with Crippen LogP contribution in [-0.2, 0) is 9.47 Å². The fourth-order valence-corrected chi connectivity index (χ4v) is 0.762. The molecule has 0 fully saturated rings. The molecule has 8 heteroatoms. The Labute approximate surface area is 91.8 Å². The van der Waals surface area contributed by atoms with Crippen molar-refractivity contribution in [3.8, 4) is 0 Å². The second-order valence-corrected chi connectivity index (χ2v) is 3.48. The van der Waals surface area contributed by atoms with Crippen LogP contribution in [-0.4, -0.2) is 30.1 Å². The highest BCUT2D eigenvalue weighted by Gasteiger charge is 2.53. The van der Waals surface area contributed by atoms with Gasteiger partial charge in [0.1, 0.15) is 6.61 Å². The van der Waals surface area contributed by atoms with Crippen LogP contribution >= 0.6 is 15.9 Å². The molecular weight excluding hydrogens is 288 g/mol. The summed E-state index contributed by atoms with van der Waals surface area (Å²) in [6, 6.07) is 0. The third kappa shape index (κ3) is 5.19. The normalized spacial score (nSPS) is 12.4. The SMILES string of the molecule is CCOC(=O)OCCC(F)(F)C(F)(F)Br. The molecule has 0 spiro atoms. The summed E-state index contributed by atoms with van der Waals surface area (Å²) in [6.45, 7) is 0.666. The van der Waals surface area contributed by atoms with Gasteiger partial charge >= 0.3 is 16.9 Å². The van der Waals surface area contributed by atoms with Gasteiger partial charge in [0, 0.05) is 0 Å². The average Bonchev–Trinajstić information content (AvgIpc) is 2.01. The first kappa shape index (κ1) is 14.5. The lowest BCUT2D eigenvalue weighted by Crippen LogP contribution is -2.36. The molecule has 0 aliphatic heterocycles. The molecule has 0 heterocycles. The molecule has 0 saturated heterocycles. The smallest absolute Gasteiger partial charge is 0.435 e. The first-order valence-electron chi connectivity index (χ1n) is 3.95. The van der Waals surface area contributed by atoms with Gasteiger partial charge in [-0.05, 0) is 22.9 Å². The van der Waals surface area contributed by atoms with Crippen LogP contribution in [0.2, 0.25) is 0 Å². The predicted octanol–water partition coefficient (Wildman–Crippen LogP) is 3.17. The van der Waals surface area contributed by atoms with E-state index in [0.29, 0.717) is 0 Å². The summed E-state index contributed by atoms with van der Waals surface area (Å²) >= 11 is 1.54. The Morgan fingerprint density at radius 1 is 1.27 bits per heavy atom. The minimum Gasteiger partial charge on any atom is -0.435 e. The van der Waals surface area contributed by atoms with Gasteiger partial charge in [0.25, 0.3) is 0 Å². The van der Waals surface area contributed by atoms with E-state index in [4.69, 9.17) is 0 Å². The third-order valence-corrected chi connectivity index (χ3v) is 1.89. The lowest BCUT2D eigenvalue weighted by molar-refractivity contribution is -0.156. The van der Waals surface area contributed by atoms with Crippen LogP contribution in [0.15, 0.2) is 0 Å². The molecule has 0 saturated carbocycles. The number of ether oxygens (including phenoxy) is 2. The maximum absolute atomic E-state index is 12.5. The molecule has 0 aromatic heterocycles. The molecule has 0 rings (SSSR count). The quantitative estimate of drug-likeness (QED) is 0.444. The van der Waals surface area contributed by atoms with E-state index in [1.54, 1.807) is 15.9 Å². The van der Waals surface area contributed by atoms with E-state index in [2.05, 4.69) is 9.47 Å². The van der Waals surface area contributed by atoms with Crippen LogP contribution in [0.5, 0.6) is 0 Å². The molecule has 0 atom stereocenters. The molecule has 0 N–H and O–H groups in total. The monoisotopic (exact) mass is 296 g/mol. The lowest BCUT2D eigenvalue weighted by atomic mass is 10.2. The zero-order chi connectivity index (χ0) is 12.1. The van der Waals surface area contributed by atoms with E-state index in [9.17, 15) is 22.4 Å². The molecule has 0 aliphatic carbocycles. The first-order chi connectivity index (χ1) is 6.70. The van der Waals surface area contributed by atoms with Crippen LogP contribution in [0.25, 0.3) is 0 Å². The van der Waals surface area contributed by atoms with Gasteiger partial charge in [-0.3, -0.25) is 0 Å². The number of hydrogen-bond donors (Lipinski definition) is 0. The molecule has 0 aromatic rings. The van der Waals surface area contributed by atoms with Gasteiger partial charge < -0.3 is 9.47 Å². The Morgan fingerprint density at radius 2 is 1.80 bits per heavy atom. The van der Waals surface area contributed by atoms with Crippen LogP contribution in [0, 0.1) is 0 Å². The summed E-state index contributed by atoms with van der Waals surface area (Å²) in [7, 11) is 0. The number of rotatable bonds is 5. The molecule has 0 amide bonds. The molecule has 3 nitrogen and oxygen atoms in total. The van der Waals surface area contributed by atoms with E-state index < -0.39 is 29.9 Å². The van der Waals surface area contributed by atoms with Crippen molar-refractivity contribution in [1.29, 1.82) is 0 Å². The van der Waals surface area contributed by atoms with E-state index in [1.165, 1.54) is 6.92 Å². The van der Waals surface area contributed by atoms with Crippen LogP contribution in [0.4, 0.5) is 22.4 Å². The molecule has 0 aromatic carbocycles. The fourth-order valence-electron chi connectivity index (χ4n) is 0.564. The summed E-state index contributed by atoms with van der Waals surface area (Å²) in [5.74, 6) is -4.28. The Morgan fingerprint density at radius 3 is 2.20 bits per heavy atom. The van der Waals surface area contributed by atoms with Gasteiger partial charge in [-0.15, -0.1) is 0 Å². The van der Waals surface area contributed by atoms with E-state index in [1.807, 2.05) is 0 Å². The molecule has 0 aliphatic rings. The molecular formula is C7H9BrF4O3. The average molecular weight is 297 g/mol. The zero-order valence-corrected chi connectivity index (χ0v) is 9.32. The number of carbonyl (C=O) groups excluding carboxylic acids is 1. The number of alkyl halides is 5. The first-order valence-corrected chi connectivity index (χ1v) is 4.74. The minimum absolute atomic E-state index is 0.0177. The number of carbonyl (C=O) groups is 1. The van der Waals surface area contributed by atoms with Crippen LogP contribution in [0.3, 0.4) is 0 Å². The van der Waals surface area contributed by atoms with Crippen molar-refractivity contribution in [2.24, 2.45) is 0 Å². The number of halogens is 5. The highest BCUT2D eigenvalue weighted by molar-refractivity contribution is 9.10. The van der Waals surface area contributed by atoms with E-state index in [0.717, 1.165) is 0 Å². The topological polar surface area (TPSA) is 35.5 Å². The van der Waals surface area contributed by atoms with Crippen LogP contribution in [0.1, 0.15) is 13.3 Å².